The summed E-state index contributed by atoms with van der Waals surface area (Å²) in [6, 6.07) is 0. The summed E-state index contributed by atoms with van der Waals surface area (Å²) in [5.41, 5.74) is 0.340. The minimum Gasteiger partial charge on any atom is -0.455 e. The highest BCUT2D eigenvalue weighted by Gasteiger charge is 2.50. The van der Waals surface area contributed by atoms with Crippen LogP contribution in [0.25, 0.3) is 0 Å². The molecular formula is C15H26O2. The fraction of sp³-hybridized carbons (Fsp3) is 0.800. The Kier molecular flexibility index (Phi) is 4.40. The van der Waals surface area contributed by atoms with Crippen molar-refractivity contribution in [3.05, 3.63) is 12.2 Å². The Morgan fingerprint density at radius 2 is 1.76 bits per heavy atom. The average molecular weight is 238 g/mol. The first-order valence-electron chi connectivity index (χ1n) is 6.79. The van der Waals surface area contributed by atoms with Crippen LogP contribution < -0.4 is 0 Å². The van der Waals surface area contributed by atoms with Gasteiger partial charge in [-0.25, -0.2) is 4.79 Å². The zero-order chi connectivity index (χ0) is 13.1. The minimum atomic E-state index is -0.257. The summed E-state index contributed by atoms with van der Waals surface area (Å²) in [6.45, 7) is 12.0. The van der Waals surface area contributed by atoms with E-state index in [-0.39, 0.29) is 17.0 Å². The Morgan fingerprint density at radius 1 is 1.29 bits per heavy atom. The fourth-order valence-electron chi connectivity index (χ4n) is 2.93. The van der Waals surface area contributed by atoms with Crippen LogP contribution in [0.1, 0.15) is 66.2 Å². The number of carbonyl (C=O) groups excluding carboxylic acids is 1. The molecular weight excluding hydrogens is 212 g/mol. The summed E-state index contributed by atoms with van der Waals surface area (Å²) in [6.07, 6.45) is 6.44. The molecule has 0 saturated heterocycles. The van der Waals surface area contributed by atoms with Gasteiger partial charge in [-0.15, -0.1) is 0 Å². The number of hydrogen-bond acceptors (Lipinski definition) is 2. The molecule has 0 aromatic heterocycles. The molecule has 0 heterocycles. The van der Waals surface area contributed by atoms with Gasteiger partial charge < -0.3 is 4.74 Å². The molecule has 2 nitrogen and oxygen atoms in total. The highest BCUT2D eigenvalue weighted by Crippen LogP contribution is 2.50. The van der Waals surface area contributed by atoms with Crippen molar-refractivity contribution in [2.45, 2.75) is 71.8 Å². The van der Waals surface area contributed by atoms with Crippen molar-refractivity contribution < 1.29 is 9.53 Å². The van der Waals surface area contributed by atoms with E-state index < -0.39 is 0 Å². The van der Waals surface area contributed by atoms with Crippen LogP contribution in [-0.4, -0.2) is 11.6 Å². The molecule has 1 saturated carbocycles. The van der Waals surface area contributed by atoms with Gasteiger partial charge in [0.15, 0.2) is 0 Å². The van der Waals surface area contributed by atoms with Gasteiger partial charge in [0, 0.05) is 11.0 Å². The number of ether oxygens (including phenoxy) is 1. The van der Waals surface area contributed by atoms with Gasteiger partial charge in [0.2, 0.25) is 0 Å². The summed E-state index contributed by atoms with van der Waals surface area (Å²) in [7, 11) is 0. The van der Waals surface area contributed by atoms with Gasteiger partial charge in [-0.2, -0.15) is 0 Å². The molecule has 0 unspecified atom stereocenters. The van der Waals surface area contributed by atoms with Crippen molar-refractivity contribution in [3.8, 4) is 0 Å². The second-order valence-electron chi connectivity index (χ2n) is 5.64. The quantitative estimate of drug-likeness (QED) is 0.529. The first-order chi connectivity index (χ1) is 7.91. The topological polar surface area (TPSA) is 26.3 Å². The molecule has 0 N–H and O–H groups in total. The molecule has 0 aromatic carbocycles. The molecule has 1 aliphatic rings. The molecule has 1 aliphatic carbocycles. The van der Waals surface area contributed by atoms with Crippen LogP contribution in [0.5, 0.6) is 0 Å². The Labute approximate surface area is 105 Å². The molecule has 0 bridgehead atoms. The molecule has 1 rings (SSSR count). The molecule has 98 valence electrons. The Morgan fingerprint density at radius 3 is 2.12 bits per heavy atom. The number of hydrogen-bond donors (Lipinski definition) is 0. The first kappa shape index (κ1) is 14.3. The van der Waals surface area contributed by atoms with E-state index in [0.29, 0.717) is 5.57 Å². The van der Waals surface area contributed by atoms with E-state index in [1.54, 1.807) is 6.92 Å². The van der Waals surface area contributed by atoms with E-state index in [4.69, 9.17) is 4.74 Å². The van der Waals surface area contributed by atoms with Gasteiger partial charge in [-0.3, -0.25) is 0 Å². The SMILES string of the molecule is C=C(C)C(=O)OC1(C(C)(CC)CC)CCCC1. The van der Waals surface area contributed by atoms with Crippen molar-refractivity contribution in [3.63, 3.8) is 0 Å². The molecule has 1 fully saturated rings. The lowest BCUT2D eigenvalue weighted by Crippen LogP contribution is -2.47. The van der Waals surface area contributed by atoms with Gasteiger partial charge in [0.25, 0.3) is 0 Å². The first-order valence-corrected chi connectivity index (χ1v) is 6.79. The predicted octanol–water partition coefficient (Wildman–Crippen LogP) is 4.24. The third-order valence-electron chi connectivity index (χ3n) is 4.71. The summed E-state index contributed by atoms with van der Waals surface area (Å²) in [5, 5.41) is 0. The maximum Gasteiger partial charge on any atom is 0.333 e. The van der Waals surface area contributed by atoms with Gasteiger partial charge in [0.1, 0.15) is 5.60 Å². The second kappa shape index (κ2) is 5.24. The average Bonchev–Trinajstić information content (AvgIpc) is 2.77. The van der Waals surface area contributed by atoms with Crippen LogP contribution in [0.4, 0.5) is 0 Å². The van der Waals surface area contributed by atoms with E-state index in [2.05, 4.69) is 27.4 Å². The monoisotopic (exact) mass is 238 g/mol. The summed E-state index contributed by atoms with van der Waals surface area (Å²) in [4.78, 5) is 11.9. The standard InChI is InChI=1S/C15H26O2/c1-6-14(5,7-2)15(10-8-9-11-15)17-13(16)12(3)4/h3,6-11H2,1-2,4-5H3. The van der Waals surface area contributed by atoms with Crippen LogP contribution >= 0.6 is 0 Å². The van der Waals surface area contributed by atoms with E-state index in [1.165, 1.54) is 12.8 Å². The minimum absolute atomic E-state index is 0.0919. The van der Waals surface area contributed by atoms with Crippen molar-refractivity contribution in [2.24, 2.45) is 5.41 Å². The van der Waals surface area contributed by atoms with Gasteiger partial charge >= 0.3 is 5.97 Å². The van der Waals surface area contributed by atoms with Crippen LogP contribution in [0, 0.1) is 5.41 Å². The van der Waals surface area contributed by atoms with Crippen molar-refractivity contribution in [1.29, 1.82) is 0 Å². The number of carbonyl (C=O) groups is 1. The van der Waals surface area contributed by atoms with E-state index in [9.17, 15) is 4.79 Å². The molecule has 0 radical (unpaired) electrons. The highest BCUT2D eigenvalue weighted by molar-refractivity contribution is 5.87. The highest BCUT2D eigenvalue weighted by atomic mass is 16.6. The zero-order valence-electron chi connectivity index (χ0n) is 11.8. The van der Waals surface area contributed by atoms with Gasteiger partial charge in [-0.1, -0.05) is 27.4 Å². The third-order valence-corrected chi connectivity index (χ3v) is 4.71. The molecule has 0 aromatic rings. The summed E-state index contributed by atoms with van der Waals surface area (Å²) >= 11 is 0. The molecule has 17 heavy (non-hydrogen) atoms. The van der Waals surface area contributed by atoms with Crippen molar-refractivity contribution >= 4 is 5.97 Å². The molecule has 0 aliphatic heterocycles. The molecule has 0 atom stereocenters. The Hall–Kier alpha value is -0.790. The number of esters is 1. The van der Waals surface area contributed by atoms with E-state index >= 15 is 0 Å². The molecule has 0 spiro atoms. The van der Waals surface area contributed by atoms with Gasteiger partial charge in [0.05, 0.1) is 0 Å². The largest absolute Gasteiger partial charge is 0.455 e. The number of rotatable bonds is 5. The Balaban J connectivity index is 2.97. The van der Waals surface area contributed by atoms with Crippen LogP contribution in [0.3, 0.4) is 0 Å². The smallest absolute Gasteiger partial charge is 0.333 e. The van der Waals surface area contributed by atoms with Gasteiger partial charge in [-0.05, 0) is 45.4 Å². The molecule has 0 amide bonds. The predicted molar refractivity (Wildman–Crippen MR) is 70.8 cm³/mol. The van der Waals surface area contributed by atoms with Crippen molar-refractivity contribution in [2.75, 3.05) is 0 Å². The fourth-order valence-corrected chi connectivity index (χ4v) is 2.93. The van der Waals surface area contributed by atoms with E-state index in [1.807, 2.05) is 0 Å². The van der Waals surface area contributed by atoms with Crippen LogP contribution in [0.15, 0.2) is 12.2 Å². The normalized spacial score (nSPS) is 19.1. The lowest BCUT2D eigenvalue weighted by Gasteiger charge is -2.45. The second-order valence-corrected chi connectivity index (χ2v) is 5.64. The maximum atomic E-state index is 11.9. The zero-order valence-corrected chi connectivity index (χ0v) is 11.8. The van der Waals surface area contributed by atoms with Crippen molar-refractivity contribution in [1.82, 2.24) is 0 Å². The maximum absolute atomic E-state index is 11.9. The van der Waals surface area contributed by atoms with Crippen LogP contribution in [0.2, 0.25) is 0 Å². The molecule has 2 heteroatoms. The lowest BCUT2D eigenvalue weighted by atomic mass is 9.68. The van der Waals surface area contributed by atoms with E-state index in [0.717, 1.165) is 25.7 Å². The third kappa shape index (κ3) is 2.56. The summed E-state index contributed by atoms with van der Waals surface area (Å²) < 4.78 is 5.87. The lowest BCUT2D eigenvalue weighted by molar-refractivity contribution is -0.171. The van der Waals surface area contributed by atoms with Crippen LogP contribution in [-0.2, 0) is 9.53 Å². The summed E-state index contributed by atoms with van der Waals surface area (Å²) in [5.74, 6) is -0.222. The Bertz CT molecular complexity index is 294.